The number of aryl methyl sites for hydroxylation is 1. The quantitative estimate of drug-likeness (QED) is 0.827. The first kappa shape index (κ1) is 15.3. The van der Waals surface area contributed by atoms with Crippen LogP contribution in [0.5, 0.6) is 0 Å². The second-order valence-electron chi connectivity index (χ2n) is 6.06. The first-order valence-electron chi connectivity index (χ1n) is 7.26. The van der Waals surface area contributed by atoms with Crippen LogP contribution < -0.4 is 10.9 Å². The van der Waals surface area contributed by atoms with E-state index in [1.165, 1.54) is 0 Å². The fourth-order valence-corrected chi connectivity index (χ4v) is 2.11. The molecule has 6 nitrogen and oxygen atoms in total. The van der Waals surface area contributed by atoms with Crippen LogP contribution in [0.1, 0.15) is 33.6 Å². The molecule has 0 aliphatic carbocycles. The van der Waals surface area contributed by atoms with Crippen molar-refractivity contribution in [3.63, 3.8) is 0 Å². The van der Waals surface area contributed by atoms with Gasteiger partial charge in [-0.15, -0.1) is 0 Å². The van der Waals surface area contributed by atoms with Gasteiger partial charge in [0, 0.05) is 43.4 Å². The summed E-state index contributed by atoms with van der Waals surface area (Å²) in [5, 5.41) is 3.14. The Balaban J connectivity index is 1.85. The molecule has 2 aromatic heterocycles. The summed E-state index contributed by atoms with van der Waals surface area (Å²) in [5.41, 5.74) is -0.308. The van der Waals surface area contributed by atoms with Crippen LogP contribution in [0, 0.1) is 0 Å². The van der Waals surface area contributed by atoms with Gasteiger partial charge in [-0.1, -0.05) is 0 Å². The van der Waals surface area contributed by atoms with Crippen LogP contribution in [0.15, 0.2) is 35.9 Å². The van der Waals surface area contributed by atoms with Crippen LogP contribution in [0.25, 0.3) is 0 Å². The molecule has 0 aromatic carbocycles. The summed E-state index contributed by atoms with van der Waals surface area (Å²) in [5.74, 6) is 0.426. The zero-order chi connectivity index (χ0) is 15.3. The molecule has 6 heteroatoms. The highest BCUT2D eigenvalue weighted by molar-refractivity contribution is 5.30. The summed E-state index contributed by atoms with van der Waals surface area (Å²) in [4.78, 5) is 20.4. The molecule has 2 heterocycles. The molecule has 0 aliphatic heterocycles. The molecule has 0 saturated carbocycles. The lowest BCUT2D eigenvalue weighted by atomic mass is 10.1. The van der Waals surface area contributed by atoms with Gasteiger partial charge in [0.05, 0.1) is 6.33 Å². The van der Waals surface area contributed by atoms with E-state index in [4.69, 9.17) is 0 Å². The third kappa shape index (κ3) is 4.18. The highest BCUT2D eigenvalue weighted by atomic mass is 16.1. The Morgan fingerprint density at radius 1 is 1.19 bits per heavy atom. The molecular formula is C15H23N5O. The third-order valence-electron chi connectivity index (χ3n) is 3.26. The number of anilines is 1. The van der Waals surface area contributed by atoms with Gasteiger partial charge in [0.15, 0.2) is 5.82 Å². The van der Waals surface area contributed by atoms with Crippen LogP contribution >= 0.6 is 0 Å². The molecule has 2 aromatic rings. The molecular weight excluding hydrogens is 266 g/mol. The van der Waals surface area contributed by atoms with Crippen LogP contribution in [0.2, 0.25) is 0 Å². The predicted molar refractivity (Wildman–Crippen MR) is 83.4 cm³/mol. The molecule has 0 unspecified atom stereocenters. The Morgan fingerprint density at radius 3 is 2.67 bits per heavy atom. The lowest BCUT2D eigenvalue weighted by Crippen LogP contribution is -2.35. The van der Waals surface area contributed by atoms with Crippen LogP contribution in [0.4, 0.5) is 5.82 Å². The van der Waals surface area contributed by atoms with Gasteiger partial charge in [-0.2, -0.15) is 0 Å². The number of hydrogen-bond donors (Lipinski definition) is 1. The van der Waals surface area contributed by atoms with Crippen molar-refractivity contribution >= 4 is 5.82 Å². The van der Waals surface area contributed by atoms with E-state index in [9.17, 15) is 4.79 Å². The van der Waals surface area contributed by atoms with Gasteiger partial charge in [0.25, 0.3) is 5.56 Å². The lowest BCUT2D eigenvalue weighted by molar-refractivity contribution is 0.383. The molecule has 0 spiro atoms. The number of nitrogens with zero attached hydrogens (tertiary/aromatic N) is 4. The van der Waals surface area contributed by atoms with Crippen molar-refractivity contribution in [2.45, 2.75) is 45.7 Å². The van der Waals surface area contributed by atoms with Gasteiger partial charge >= 0.3 is 0 Å². The largest absolute Gasteiger partial charge is 0.365 e. The minimum absolute atomic E-state index is 0.0698. The molecule has 0 fully saturated rings. The fourth-order valence-electron chi connectivity index (χ4n) is 2.11. The number of imidazole rings is 1. The van der Waals surface area contributed by atoms with Gasteiger partial charge in [0.1, 0.15) is 0 Å². The molecule has 0 radical (unpaired) electrons. The second-order valence-corrected chi connectivity index (χ2v) is 6.06. The molecule has 114 valence electrons. The van der Waals surface area contributed by atoms with Crippen LogP contribution in [0.3, 0.4) is 0 Å². The van der Waals surface area contributed by atoms with E-state index in [-0.39, 0.29) is 11.1 Å². The van der Waals surface area contributed by atoms with Crippen molar-refractivity contribution in [2.24, 2.45) is 0 Å². The number of unbranched alkanes of at least 4 members (excludes halogenated alkanes) is 1. The van der Waals surface area contributed by atoms with Gasteiger partial charge < -0.3 is 14.5 Å². The van der Waals surface area contributed by atoms with Gasteiger partial charge in [-0.25, -0.2) is 9.97 Å². The Kier molecular flexibility index (Phi) is 4.77. The molecule has 0 aliphatic rings. The van der Waals surface area contributed by atoms with E-state index in [1.807, 2.05) is 37.9 Å². The highest BCUT2D eigenvalue weighted by Gasteiger charge is 2.16. The van der Waals surface area contributed by atoms with Crippen molar-refractivity contribution in [1.82, 2.24) is 19.1 Å². The second kappa shape index (κ2) is 6.56. The van der Waals surface area contributed by atoms with Crippen LogP contribution in [-0.4, -0.2) is 25.6 Å². The smallest absolute Gasteiger partial charge is 0.293 e. The molecule has 0 saturated heterocycles. The van der Waals surface area contributed by atoms with Gasteiger partial charge in [-0.05, 0) is 33.6 Å². The monoisotopic (exact) mass is 289 g/mol. The van der Waals surface area contributed by atoms with E-state index >= 15 is 0 Å². The Bertz CT molecular complexity index is 610. The maximum atomic E-state index is 12.3. The molecule has 0 amide bonds. The molecule has 0 atom stereocenters. The SMILES string of the molecule is CC(C)(C)n1ccnc(NCCCCn2ccnc2)c1=O. The lowest BCUT2D eigenvalue weighted by Gasteiger charge is -2.22. The van der Waals surface area contributed by atoms with Gasteiger partial charge in [-0.3, -0.25) is 4.79 Å². The number of hydrogen-bond acceptors (Lipinski definition) is 4. The summed E-state index contributed by atoms with van der Waals surface area (Å²) in [6.45, 7) is 7.69. The first-order valence-corrected chi connectivity index (χ1v) is 7.26. The van der Waals surface area contributed by atoms with Crippen molar-refractivity contribution in [3.05, 3.63) is 41.5 Å². The number of rotatable bonds is 6. The van der Waals surface area contributed by atoms with Crippen molar-refractivity contribution < 1.29 is 0 Å². The summed E-state index contributed by atoms with van der Waals surface area (Å²) < 4.78 is 3.75. The number of aromatic nitrogens is 4. The summed E-state index contributed by atoms with van der Waals surface area (Å²) in [7, 11) is 0. The van der Waals surface area contributed by atoms with E-state index in [0.29, 0.717) is 5.82 Å². The summed E-state index contributed by atoms with van der Waals surface area (Å²) in [6.07, 6.45) is 10.9. The highest BCUT2D eigenvalue weighted by Crippen LogP contribution is 2.10. The van der Waals surface area contributed by atoms with Crippen molar-refractivity contribution in [2.75, 3.05) is 11.9 Å². The molecule has 1 N–H and O–H groups in total. The maximum Gasteiger partial charge on any atom is 0.293 e. The van der Waals surface area contributed by atoms with E-state index in [1.54, 1.807) is 23.2 Å². The van der Waals surface area contributed by atoms with E-state index in [2.05, 4.69) is 15.3 Å². The molecule has 2 rings (SSSR count). The zero-order valence-corrected chi connectivity index (χ0v) is 12.9. The maximum absolute atomic E-state index is 12.3. The minimum Gasteiger partial charge on any atom is -0.365 e. The predicted octanol–water partition coefficient (Wildman–Crippen LogP) is 2.09. The number of nitrogens with one attached hydrogen (secondary N) is 1. The average molecular weight is 289 g/mol. The standard InChI is InChI=1S/C15H23N5O/c1-15(2,3)20-11-8-18-13(14(20)21)17-6-4-5-9-19-10-7-16-12-19/h7-8,10-12H,4-6,9H2,1-3H3,(H,17,18). The third-order valence-corrected chi connectivity index (χ3v) is 3.26. The van der Waals surface area contributed by atoms with E-state index in [0.717, 1.165) is 25.9 Å². The average Bonchev–Trinajstić information content (AvgIpc) is 2.92. The Labute approximate surface area is 124 Å². The Morgan fingerprint density at radius 2 is 2.00 bits per heavy atom. The minimum atomic E-state index is -0.238. The fraction of sp³-hybridized carbons (Fsp3) is 0.533. The van der Waals surface area contributed by atoms with Crippen LogP contribution in [-0.2, 0) is 12.1 Å². The topological polar surface area (TPSA) is 64.7 Å². The Hall–Kier alpha value is -2.11. The summed E-state index contributed by atoms with van der Waals surface area (Å²) in [6, 6.07) is 0. The normalized spacial score (nSPS) is 11.6. The van der Waals surface area contributed by atoms with Crippen molar-refractivity contribution in [3.8, 4) is 0 Å². The molecule has 0 bridgehead atoms. The molecule has 21 heavy (non-hydrogen) atoms. The van der Waals surface area contributed by atoms with Gasteiger partial charge in [0.2, 0.25) is 0 Å². The van der Waals surface area contributed by atoms with Crippen molar-refractivity contribution in [1.29, 1.82) is 0 Å². The zero-order valence-electron chi connectivity index (χ0n) is 12.9. The first-order chi connectivity index (χ1) is 9.98. The summed E-state index contributed by atoms with van der Waals surface area (Å²) >= 11 is 0. The van der Waals surface area contributed by atoms with E-state index < -0.39 is 0 Å².